The van der Waals surface area contributed by atoms with Crippen LogP contribution in [0.15, 0.2) is 53.5 Å². The molecule has 0 bridgehead atoms. The average molecular weight is 516 g/mol. The lowest BCUT2D eigenvalue weighted by molar-refractivity contribution is -0.117. The molecule has 2 aromatic carbocycles. The molecule has 0 atom stereocenters. The first kappa shape index (κ1) is 23.7. The van der Waals surface area contributed by atoms with Gasteiger partial charge in [-0.25, -0.2) is 0 Å². The monoisotopic (exact) mass is 515 g/mol. The molecule has 5 N–H and O–H groups in total. The quantitative estimate of drug-likeness (QED) is 0.257. The molecule has 0 aromatic heterocycles. The zero-order valence-electron chi connectivity index (χ0n) is 15.4. The van der Waals surface area contributed by atoms with Crippen molar-refractivity contribution in [2.45, 2.75) is 13.1 Å². The maximum absolute atomic E-state index is 11.8. The minimum absolute atomic E-state index is 0. The number of nitrogens with one attached hydrogen (secondary N) is 3. The Morgan fingerprint density at radius 2 is 1.43 bits per heavy atom. The molecule has 9 heteroatoms. The van der Waals surface area contributed by atoms with Crippen LogP contribution in [-0.2, 0) is 17.9 Å². The van der Waals surface area contributed by atoms with E-state index in [0.29, 0.717) is 29.6 Å². The number of guanidine groups is 1. The fourth-order valence-electron chi connectivity index (χ4n) is 2.24. The van der Waals surface area contributed by atoms with Crippen molar-refractivity contribution in [3.63, 3.8) is 0 Å². The highest BCUT2D eigenvalue weighted by atomic mass is 127. The summed E-state index contributed by atoms with van der Waals surface area (Å²) < 4.78 is 0. The van der Waals surface area contributed by atoms with E-state index in [1.54, 1.807) is 19.2 Å². The summed E-state index contributed by atoms with van der Waals surface area (Å²) in [6.07, 6.45) is 0. The molecule has 0 aliphatic rings. The summed E-state index contributed by atoms with van der Waals surface area (Å²) in [4.78, 5) is 26.7. The van der Waals surface area contributed by atoms with Crippen LogP contribution in [-0.4, -0.2) is 31.4 Å². The number of halogens is 2. The molecule has 0 unspecified atom stereocenters. The van der Waals surface area contributed by atoms with Gasteiger partial charge in [0.15, 0.2) is 5.96 Å². The first-order chi connectivity index (χ1) is 13.0. The van der Waals surface area contributed by atoms with Gasteiger partial charge in [-0.05, 0) is 35.4 Å². The normalized spacial score (nSPS) is 10.6. The number of benzene rings is 2. The second-order valence-electron chi connectivity index (χ2n) is 5.75. The first-order valence-electron chi connectivity index (χ1n) is 8.32. The number of rotatable bonds is 7. The molecular weight excluding hydrogens is 493 g/mol. The van der Waals surface area contributed by atoms with E-state index < -0.39 is 5.91 Å². The molecule has 0 aliphatic carbocycles. The first-order valence-corrected chi connectivity index (χ1v) is 8.70. The van der Waals surface area contributed by atoms with Gasteiger partial charge in [-0.15, -0.1) is 24.0 Å². The lowest BCUT2D eigenvalue weighted by atomic mass is 10.1. The number of nitrogens with two attached hydrogens (primary N) is 1. The molecule has 0 aliphatic heterocycles. The van der Waals surface area contributed by atoms with Crippen molar-refractivity contribution in [3.05, 3.63) is 70.2 Å². The molecular formula is C19H23ClIN5O2. The zero-order chi connectivity index (χ0) is 19.6. The smallest absolute Gasteiger partial charge is 0.251 e. The fourth-order valence-corrected chi connectivity index (χ4v) is 2.36. The molecule has 2 aromatic rings. The number of nitrogens with zero attached hydrogens (tertiary/aromatic N) is 1. The second kappa shape index (κ2) is 12.2. The Morgan fingerprint density at radius 3 is 1.89 bits per heavy atom. The van der Waals surface area contributed by atoms with Crippen molar-refractivity contribution in [3.8, 4) is 0 Å². The maximum Gasteiger partial charge on any atom is 0.251 e. The van der Waals surface area contributed by atoms with Gasteiger partial charge in [0, 0.05) is 30.7 Å². The third-order valence-electron chi connectivity index (χ3n) is 3.70. The predicted molar refractivity (Wildman–Crippen MR) is 122 cm³/mol. The van der Waals surface area contributed by atoms with Crippen molar-refractivity contribution < 1.29 is 9.59 Å². The lowest BCUT2D eigenvalue weighted by Crippen LogP contribution is -2.36. The van der Waals surface area contributed by atoms with Crippen molar-refractivity contribution >= 4 is 53.4 Å². The Morgan fingerprint density at radius 1 is 0.929 bits per heavy atom. The molecule has 0 saturated heterocycles. The summed E-state index contributed by atoms with van der Waals surface area (Å²) in [5, 5.41) is 9.58. The van der Waals surface area contributed by atoms with Crippen LogP contribution < -0.4 is 21.7 Å². The minimum atomic E-state index is -0.582. The van der Waals surface area contributed by atoms with E-state index in [-0.39, 0.29) is 36.4 Å². The predicted octanol–water partition coefficient (Wildman–Crippen LogP) is 2.04. The Balaban J connectivity index is 0.00000392. The highest BCUT2D eigenvalue weighted by Crippen LogP contribution is 2.09. The Hall–Kier alpha value is -2.33. The molecule has 0 saturated carbocycles. The van der Waals surface area contributed by atoms with Gasteiger partial charge in [-0.3, -0.25) is 14.6 Å². The summed E-state index contributed by atoms with van der Waals surface area (Å²) in [7, 11) is 1.70. The summed E-state index contributed by atoms with van der Waals surface area (Å²) in [6, 6.07) is 14.6. The Bertz CT molecular complexity index is 810. The number of carbonyl (C=O) groups is 2. The van der Waals surface area contributed by atoms with Crippen LogP contribution in [0.5, 0.6) is 0 Å². The fraction of sp³-hybridized carbons (Fsp3) is 0.211. The molecule has 28 heavy (non-hydrogen) atoms. The summed E-state index contributed by atoms with van der Waals surface area (Å²) >= 11 is 5.88. The van der Waals surface area contributed by atoms with Gasteiger partial charge in [0.25, 0.3) is 5.91 Å². The number of amides is 2. The van der Waals surface area contributed by atoms with Crippen LogP contribution in [0.4, 0.5) is 0 Å². The van der Waals surface area contributed by atoms with E-state index in [1.165, 1.54) is 0 Å². The van der Waals surface area contributed by atoms with Gasteiger partial charge in [-0.1, -0.05) is 35.9 Å². The van der Waals surface area contributed by atoms with Gasteiger partial charge in [0.2, 0.25) is 5.91 Å². The van der Waals surface area contributed by atoms with E-state index in [0.717, 1.165) is 11.1 Å². The largest absolute Gasteiger partial charge is 0.368 e. The van der Waals surface area contributed by atoms with Crippen molar-refractivity contribution in [1.82, 2.24) is 16.0 Å². The third kappa shape index (κ3) is 8.13. The standard InChI is InChI=1S/C19H22ClN5O2.HI/c1-22-19(25-11-14-4-8-16(20)9-5-14)24-10-13-2-6-15(7-3-13)18(27)23-12-17(21)26;/h2-9H,10-12H2,1H3,(H2,21,26)(H,23,27)(H2,22,24,25);1H. The number of hydrogen-bond donors (Lipinski definition) is 4. The maximum atomic E-state index is 11.8. The lowest BCUT2D eigenvalue weighted by Gasteiger charge is -2.12. The van der Waals surface area contributed by atoms with E-state index in [9.17, 15) is 9.59 Å². The molecule has 0 heterocycles. The number of primary amides is 1. The van der Waals surface area contributed by atoms with Crippen LogP contribution in [0.25, 0.3) is 0 Å². The van der Waals surface area contributed by atoms with Crippen molar-refractivity contribution in [2.75, 3.05) is 13.6 Å². The van der Waals surface area contributed by atoms with Crippen LogP contribution in [0.3, 0.4) is 0 Å². The van der Waals surface area contributed by atoms with Crippen molar-refractivity contribution in [2.24, 2.45) is 10.7 Å². The number of hydrogen-bond acceptors (Lipinski definition) is 3. The zero-order valence-corrected chi connectivity index (χ0v) is 18.5. The van der Waals surface area contributed by atoms with E-state index in [1.807, 2.05) is 36.4 Å². The highest BCUT2D eigenvalue weighted by molar-refractivity contribution is 14.0. The summed E-state index contributed by atoms with van der Waals surface area (Å²) in [6.45, 7) is 0.983. The molecule has 150 valence electrons. The van der Waals surface area contributed by atoms with E-state index >= 15 is 0 Å². The number of carbonyl (C=O) groups excluding carboxylic acids is 2. The summed E-state index contributed by atoms with van der Waals surface area (Å²) in [5.74, 6) is -0.261. The highest BCUT2D eigenvalue weighted by Gasteiger charge is 2.06. The molecule has 2 amide bonds. The molecule has 0 radical (unpaired) electrons. The van der Waals surface area contributed by atoms with Crippen LogP contribution in [0.1, 0.15) is 21.5 Å². The molecule has 2 rings (SSSR count). The van der Waals surface area contributed by atoms with Crippen molar-refractivity contribution in [1.29, 1.82) is 0 Å². The Labute approximate surface area is 186 Å². The van der Waals surface area contributed by atoms with Gasteiger partial charge >= 0.3 is 0 Å². The topological polar surface area (TPSA) is 109 Å². The average Bonchev–Trinajstić information content (AvgIpc) is 2.68. The van der Waals surface area contributed by atoms with Crippen LogP contribution in [0.2, 0.25) is 5.02 Å². The molecule has 7 nitrogen and oxygen atoms in total. The Kier molecular flexibility index (Phi) is 10.3. The van der Waals surface area contributed by atoms with Gasteiger partial charge in [0.05, 0.1) is 6.54 Å². The van der Waals surface area contributed by atoms with Gasteiger partial charge in [-0.2, -0.15) is 0 Å². The second-order valence-corrected chi connectivity index (χ2v) is 6.19. The molecule has 0 spiro atoms. The third-order valence-corrected chi connectivity index (χ3v) is 3.95. The van der Waals surface area contributed by atoms with E-state index in [2.05, 4.69) is 20.9 Å². The number of aliphatic imine (C=N–C) groups is 1. The van der Waals surface area contributed by atoms with Crippen LogP contribution >= 0.6 is 35.6 Å². The summed E-state index contributed by atoms with van der Waals surface area (Å²) in [5.41, 5.74) is 7.54. The molecule has 0 fully saturated rings. The van der Waals surface area contributed by atoms with E-state index in [4.69, 9.17) is 17.3 Å². The van der Waals surface area contributed by atoms with Gasteiger partial charge < -0.3 is 21.7 Å². The van der Waals surface area contributed by atoms with Gasteiger partial charge in [0.1, 0.15) is 0 Å². The SMILES string of the molecule is CN=C(NCc1ccc(Cl)cc1)NCc1ccc(C(=O)NCC(N)=O)cc1.I. The minimum Gasteiger partial charge on any atom is -0.368 e. The van der Waals surface area contributed by atoms with Crippen LogP contribution in [0, 0.1) is 0 Å².